The number of hydrogen-bond donors (Lipinski definition) is 1. The van der Waals surface area contributed by atoms with E-state index in [9.17, 15) is 0 Å². The summed E-state index contributed by atoms with van der Waals surface area (Å²) in [5, 5.41) is 0. The average molecular weight is 195 g/mol. The molecule has 2 heteroatoms. The highest BCUT2D eigenvalue weighted by molar-refractivity contribution is 7.12. The highest BCUT2D eigenvalue weighted by Crippen LogP contribution is 2.38. The summed E-state index contributed by atoms with van der Waals surface area (Å²) in [5.74, 6) is 0.757. The van der Waals surface area contributed by atoms with E-state index in [1.807, 2.05) is 11.3 Å². The summed E-state index contributed by atoms with van der Waals surface area (Å²) >= 11 is 1.87. The number of nitrogens with two attached hydrogens (primary N) is 1. The van der Waals surface area contributed by atoms with Crippen molar-refractivity contribution in [3.05, 3.63) is 21.4 Å². The van der Waals surface area contributed by atoms with Gasteiger partial charge in [-0.2, -0.15) is 0 Å². The SMILES string of the molecule is Cc1cc(C(N)C2CCC2)c(C)s1. The van der Waals surface area contributed by atoms with Gasteiger partial charge in [0.1, 0.15) is 0 Å². The monoisotopic (exact) mass is 195 g/mol. The van der Waals surface area contributed by atoms with Crippen LogP contribution in [0.1, 0.15) is 40.6 Å². The summed E-state index contributed by atoms with van der Waals surface area (Å²) in [5.41, 5.74) is 7.62. The molecule has 1 aliphatic carbocycles. The Balaban J connectivity index is 2.18. The van der Waals surface area contributed by atoms with Gasteiger partial charge >= 0.3 is 0 Å². The first kappa shape index (κ1) is 9.22. The molecule has 1 fully saturated rings. The predicted octanol–water partition coefficient (Wildman–Crippen LogP) is 3.16. The molecule has 1 aliphatic rings. The molecule has 2 rings (SSSR count). The fraction of sp³-hybridized carbons (Fsp3) is 0.636. The maximum Gasteiger partial charge on any atom is 0.0334 e. The van der Waals surface area contributed by atoms with Gasteiger partial charge in [0.15, 0.2) is 0 Å². The van der Waals surface area contributed by atoms with Gasteiger partial charge in [0, 0.05) is 15.8 Å². The molecule has 1 atom stereocenters. The molecule has 2 N–H and O–H groups in total. The fourth-order valence-corrected chi connectivity index (χ4v) is 3.02. The first-order valence-corrected chi connectivity index (χ1v) is 5.82. The quantitative estimate of drug-likeness (QED) is 0.770. The highest BCUT2D eigenvalue weighted by atomic mass is 32.1. The Morgan fingerprint density at radius 2 is 2.15 bits per heavy atom. The summed E-state index contributed by atoms with van der Waals surface area (Å²) in [4.78, 5) is 2.80. The van der Waals surface area contributed by atoms with Crippen molar-refractivity contribution in [2.75, 3.05) is 0 Å². The van der Waals surface area contributed by atoms with E-state index in [2.05, 4.69) is 19.9 Å². The smallest absolute Gasteiger partial charge is 0.0334 e. The van der Waals surface area contributed by atoms with Crippen LogP contribution in [0.2, 0.25) is 0 Å². The zero-order valence-corrected chi connectivity index (χ0v) is 9.16. The minimum absolute atomic E-state index is 0.304. The van der Waals surface area contributed by atoms with Crippen LogP contribution in [0.25, 0.3) is 0 Å². The zero-order chi connectivity index (χ0) is 9.42. The molecular weight excluding hydrogens is 178 g/mol. The van der Waals surface area contributed by atoms with Gasteiger partial charge in [-0.3, -0.25) is 0 Å². The molecule has 1 heterocycles. The summed E-state index contributed by atoms with van der Waals surface area (Å²) in [6.07, 6.45) is 4.03. The van der Waals surface area contributed by atoms with Gasteiger partial charge in [-0.15, -0.1) is 11.3 Å². The maximum atomic E-state index is 6.22. The predicted molar refractivity (Wildman–Crippen MR) is 58.1 cm³/mol. The van der Waals surface area contributed by atoms with Crippen molar-refractivity contribution in [2.24, 2.45) is 11.7 Å². The van der Waals surface area contributed by atoms with E-state index in [-0.39, 0.29) is 0 Å². The van der Waals surface area contributed by atoms with Crippen LogP contribution in [-0.2, 0) is 0 Å². The Kier molecular flexibility index (Phi) is 2.43. The summed E-state index contributed by atoms with van der Waals surface area (Å²) in [7, 11) is 0. The van der Waals surface area contributed by atoms with Crippen molar-refractivity contribution in [3.63, 3.8) is 0 Å². The molecule has 0 saturated heterocycles. The van der Waals surface area contributed by atoms with Crippen LogP contribution >= 0.6 is 11.3 Å². The third-order valence-electron chi connectivity index (χ3n) is 3.10. The normalized spacial score (nSPS) is 19.9. The average Bonchev–Trinajstić information content (AvgIpc) is 2.26. The van der Waals surface area contributed by atoms with Gasteiger partial charge in [0.05, 0.1) is 0 Å². The van der Waals surface area contributed by atoms with Gasteiger partial charge in [0.25, 0.3) is 0 Å². The Bertz CT molecular complexity index is 299. The third kappa shape index (κ3) is 1.65. The lowest BCUT2D eigenvalue weighted by atomic mass is 9.78. The van der Waals surface area contributed by atoms with Gasteiger partial charge in [-0.25, -0.2) is 0 Å². The topological polar surface area (TPSA) is 26.0 Å². The number of rotatable bonds is 2. The van der Waals surface area contributed by atoms with E-state index in [0.29, 0.717) is 6.04 Å². The van der Waals surface area contributed by atoms with Crippen molar-refractivity contribution in [2.45, 2.75) is 39.2 Å². The van der Waals surface area contributed by atoms with Crippen LogP contribution in [0, 0.1) is 19.8 Å². The molecule has 1 nitrogen and oxygen atoms in total. The largest absolute Gasteiger partial charge is 0.324 e. The molecule has 0 aliphatic heterocycles. The van der Waals surface area contributed by atoms with Gasteiger partial charge in [-0.05, 0) is 44.2 Å². The lowest BCUT2D eigenvalue weighted by Crippen LogP contribution is -2.26. The molecule has 0 spiro atoms. The molecule has 1 saturated carbocycles. The van der Waals surface area contributed by atoms with Crippen LogP contribution in [-0.4, -0.2) is 0 Å². The number of aryl methyl sites for hydroxylation is 2. The molecule has 1 unspecified atom stereocenters. The first-order chi connectivity index (χ1) is 6.18. The van der Waals surface area contributed by atoms with Crippen LogP contribution in [0.15, 0.2) is 6.07 Å². The Hall–Kier alpha value is -0.340. The lowest BCUT2D eigenvalue weighted by Gasteiger charge is -2.31. The van der Waals surface area contributed by atoms with Crippen LogP contribution < -0.4 is 5.73 Å². The Labute approximate surface area is 84.0 Å². The van der Waals surface area contributed by atoms with E-state index in [0.717, 1.165) is 5.92 Å². The molecule has 0 bridgehead atoms. The first-order valence-electron chi connectivity index (χ1n) is 5.01. The third-order valence-corrected chi connectivity index (χ3v) is 4.08. The fourth-order valence-electron chi connectivity index (χ4n) is 2.03. The molecule has 0 radical (unpaired) electrons. The second-order valence-corrected chi connectivity index (χ2v) is 5.55. The van der Waals surface area contributed by atoms with Crippen molar-refractivity contribution in [1.29, 1.82) is 0 Å². The summed E-state index contributed by atoms with van der Waals surface area (Å²) < 4.78 is 0. The molecule has 0 amide bonds. The standard InChI is InChI=1S/C11H17NS/c1-7-6-10(8(2)13-7)11(12)9-4-3-5-9/h6,9,11H,3-5,12H2,1-2H3. The van der Waals surface area contributed by atoms with E-state index in [1.54, 1.807) is 0 Å². The van der Waals surface area contributed by atoms with E-state index < -0.39 is 0 Å². The minimum atomic E-state index is 0.304. The minimum Gasteiger partial charge on any atom is -0.324 e. The molecule has 0 aromatic carbocycles. The molecule has 13 heavy (non-hydrogen) atoms. The van der Waals surface area contributed by atoms with Crippen LogP contribution in [0.5, 0.6) is 0 Å². The van der Waals surface area contributed by atoms with Crippen molar-refractivity contribution >= 4 is 11.3 Å². The van der Waals surface area contributed by atoms with E-state index >= 15 is 0 Å². The van der Waals surface area contributed by atoms with Gasteiger partial charge < -0.3 is 5.73 Å². The van der Waals surface area contributed by atoms with Crippen LogP contribution in [0.4, 0.5) is 0 Å². The van der Waals surface area contributed by atoms with Crippen molar-refractivity contribution < 1.29 is 0 Å². The maximum absolute atomic E-state index is 6.22. The molecular formula is C11H17NS. The van der Waals surface area contributed by atoms with Gasteiger partial charge in [0.2, 0.25) is 0 Å². The second-order valence-electron chi connectivity index (χ2n) is 4.09. The molecule has 1 aromatic heterocycles. The Morgan fingerprint density at radius 3 is 2.54 bits per heavy atom. The molecule has 1 aromatic rings. The number of thiophene rings is 1. The van der Waals surface area contributed by atoms with Crippen molar-refractivity contribution in [3.8, 4) is 0 Å². The Morgan fingerprint density at radius 1 is 1.46 bits per heavy atom. The summed E-state index contributed by atoms with van der Waals surface area (Å²) in [6, 6.07) is 2.57. The number of hydrogen-bond acceptors (Lipinski definition) is 2. The van der Waals surface area contributed by atoms with Crippen LogP contribution in [0.3, 0.4) is 0 Å². The zero-order valence-electron chi connectivity index (χ0n) is 8.34. The lowest BCUT2D eigenvalue weighted by molar-refractivity contribution is 0.264. The van der Waals surface area contributed by atoms with E-state index in [4.69, 9.17) is 5.73 Å². The van der Waals surface area contributed by atoms with Gasteiger partial charge in [-0.1, -0.05) is 6.42 Å². The van der Waals surface area contributed by atoms with Crippen molar-refractivity contribution in [1.82, 2.24) is 0 Å². The van der Waals surface area contributed by atoms with E-state index in [1.165, 1.54) is 34.6 Å². The molecule has 72 valence electrons. The second kappa shape index (κ2) is 3.43. The summed E-state index contributed by atoms with van der Waals surface area (Å²) in [6.45, 7) is 4.35. The highest BCUT2D eigenvalue weighted by Gasteiger charge is 2.26.